The molecule has 2 rings (SSSR count). The van der Waals surface area contributed by atoms with Gasteiger partial charge in [0.15, 0.2) is 0 Å². The predicted molar refractivity (Wildman–Crippen MR) is 85.3 cm³/mol. The van der Waals surface area contributed by atoms with E-state index in [0.29, 0.717) is 6.04 Å². The highest BCUT2D eigenvalue weighted by molar-refractivity contribution is 7.05. The molecule has 2 aromatic rings. The molecule has 0 amide bonds. The van der Waals surface area contributed by atoms with E-state index < -0.39 is 0 Å². The van der Waals surface area contributed by atoms with Gasteiger partial charge in [0, 0.05) is 6.04 Å². The average molecular weight is 289 g/mol. The maximum Gasteiger partial charge on any atom is 0.0803 e. The first kappa shape index (κ1) is 15.1. The van der Waals surface area contributed by atoms with E-state index in [1.54, 1.807) is 0 Å². The minimum atomic E-state index is 0.304. The minimum Gasteiger partial charge on any atom is -0.312 e. The van der Waals surface area contributed by atoms with Crippen LogP contribution in [0.3, 0.4) is 0 Å². The summed E-state index contributed by atoms with van der Waals surface area (Å²) < 4.78 is 4.13. The van der Waals surface area contributed by atoms with Gasteiger partial charge in [0.2, 0.25) is 0 Å². The number of aromatic nitrogens is 2. The number of hydrogen-bond acceptors (Lipinski definition) is 4. The highest BCUT2D eigenvalue weighted by atomic mass is 32.1. The van der Waals surface area contributed by atoms with Crippen LogP contribution in [0.4, 0.5) is 0 Å². The number of nitrogens with zero attached hydrogens (tertiary/aromatic N) is 2. The predicted octanol–water partition coefficient (Wildman–Crippen LogP) is 3.61. The summed E-state index contributed by atoms with van der Waals surface area (Å²) in [5.74, 6) is 0. The van der Waals surface area contributed by atoms with E-state index in [1.807, 2.05) is 7.05 Å². The van der Waals surface area contributed by atoms with Crippen molar-refractivity contribution >= 4 is 11.5 Å². The van der Waals surface area contributed by atoms with Crippen molar-refractivity contribution in [2.75, 3.05) is 7.05 Å². The van der Waals surface area contributed by atoms with E-state index in [-0.39, 0.29) is 0 Å². The zero-order valence-corrected chi connectivity index (χ0v) is 13.5. The van der Waals surface area contributed by atoms with Crippen LogP contribution in [0.5, 0.6) is 0 Å². The van der Waals surface area contributed by atoms with E-state index in [1.165, 1.54) is 33.1 Å². The molecule has 20 heavy (non-hydrogen) atoms. The molecule has 0 radical (unpaired) electrons. The molecular weight excluding hydrogens is 266 g/mol. The fourth-order valence-corrected chi connectivity index (χ4v) is 3.19. The summed E-state index contributed by atoms with van der Waals surface area (Å²) in [6, 6.07) is 7.02. The van der Waals surface area contributed by atoms with Gasteiger partial charge in [0.05, 0.1) is 10.6 Å². The number of benzene rings is 1. The molecule has 108 valence electrons. The van der Waals surface area contributed by atoms with Crippen molar-refractivity contribution in [1.29, 1.82) is 0 Å². The topological polar surface area (TPSA) is 37.8 Å². The lowest BCUT2D eigenvalue weighted by Gasteiger charge is -2.16. The van der Waals surface area contributed by atoms with E-state index in [4.69, 9.17) is 0 Å². The van der Waals surface area contributed by atoms with Gasteiger partial charge in [-0.2, -0.15) is 0 Å². The molecule has 3 nitrogen and oxygen atoms in total. The van der Waals surface area contributed by atoms with Gasteiger partial charge in [-0.1, -0.05) is 36.0 Å². The summed E-state index contributed by atoms with van der Waals surface area (Å²) in [7, 11) is 2.02. The Kier molecular flexibility index (Phi) is 5.26. The first-order valence-corrected chi connectivity index (χ1v) is 7.97. The van der Waals surface area contributed by atoms with Crippen molar-refractivity contribution in [3.05, 3.63) is 45.5 Å². The lowest BCUT2D eigenvalue weighted by atomic mass is 9.99. The molecule has 0 aliphatic heterocycles. The van der Waals surface area contributed by atoms with Crippen molar-refractivity contribution in [2.45, 2.75) is 46.1 Å². The van der Waals surface area contributed by atoms with Gasteiger partial charge >= 0.3 is 0 Å². The summed E-state index contributed by atoms with van der Waals surface area (Å²) in [6.07, 6.45) is 3.10. The normalized spacial score (nSPS) is 12.6. The van der Waals surface area contributed by atoms with Crippen LogP contribution in [-0.2, 0) is 12.8 Å². The number of aryl methyl sites for hydroxylation is 3. The van der Waals surface area contributed by atoms with Gasteiger partial charge in [-0.15, -0.1) is 5.10 Å². The second-order valence-corrected chi connectivity index (χ2v) is 6.08. The maximum atomic E-state index is 4.28. The van der Waals surface area contributed by atoms with Crippen molar-refractivity contribution in [2.24, 2.45) is 0 Å². The highest BCUT2D eigenvalue weighted by Crippen LogP contribution is 2.25. The molecule has 1 N–H and O–H groups in total. The number of rotatable bonds is 6. The van der Waals surface area contributed by atoms with Crippen LogP contribution in [-0.4, -0.2) is 16.6 Å². The third kappa shape index (κ3) is 3.44. The molecule has 0 saturated carbocycles. The largest absolute Gasteiger partial charge is 0.312 e. The van der Waals surface area contributed by atoms with Crippen molar-refractivity contribution in [3.63, 3.8) is 0 Å². The van der Waals surface area contributed by atoms with Crippen LogP contribution < -0.4 is 5.32 Å². The van der Waals surface area contributed by atoms with Gasteiger partial charge in [-0.25, -0.2) is 0 Å². The second-order valence-electron chi connectivity index (χ2n) is 5.30. The SMILES string of the molecule is CCCc1nnsc1C(Cc1ccc(C)c(C)c1)NC. The van der Waals surface area contributed by atoms with E-state index in [0.717, 1.165) is 25.0 Å². The van der Waals surface area contributed by atoms with E-state index >= 15 is 0 Å². The van der Waals surface area contributed by atoms with Gasteiger partial charge in [0.25, 0.3) is 0 Å². The Bertz CT molecular complexity index is 563. The number of likely N-dealkylation sites (N-methyl/N-ethyl adjacent to an activating group) is 1. The molecule has 1 atom stereocenters. The Morgan fingerprint density at radius 2 is 2.05 bits per heavy atom. The van der Waals surface area contributed by atoms with Crippen molar-refractivity contribution < 1.29 is 0 Å². The zero-order chi connectivity index (χ0) is 14.5. The standard InChI is InChI=1S/C16H23N3S/c1-5-6-14-16(20-19-18-14)15(17-4)10-13-8-7-11(2)12(3)9-13/h7-9,15,17H,5-6,10H2,1-4H3. The van der Waals surface area contributed by atoms with Gasteiger partial charge in [-0.3, -0.25) is 0 Å². The molecule has 0 spiro atoms. The summed E-state index contributed by atoms with van der Waals surface area (Å²) in [5, 5.41) is 7.69. The summed E-state index contributed by atoms with van der Waals surface area (Å²) >= 11 is 1.53. The van der Waals surface area contributed by atoms with Gasteiger partial charge in [-0.05, 0) is 62.0 Å². The molecule has 0 aliphatic rings. The Hall–Kier alpha value is -1.26. The van der Waals surface area contributed by atoms with Crippen LogP contribution in [0.15, 0.2) is 18.2 Å². The van der Waals surface area contributed by atoms with Crippen molar-refractivity contribution in [3.8, 4) is 0 Å². The number of hydrogen-bond donors (Lipinski definition) is 1. The third-order valence-electron chi connectivity index (χ3n) is 3.75. The molecule has 4 heteroatoms. The molecule has 0 aliphatic carbocycles. The molecule has 1 aromatic carbocycles. The smallest absolute Gasteiger partial charge is 0.0803 e. The first-order chi connectivity index (χ1) is 9.65. The fraction of sp³-hybridized carbons (Fsp3) is 0.500. The summed E-state index contributed by atoms with van der Waals surface area (Å²) in [6.45, 7) is 6.51. The molecule has 1 unspecified atom stereocenters. The molecule has 1 aromatic heterocycles. The van der Waals surface area contributed by atoms with E-state index in [9.17, 15) is 0 Å². The Morgan fingerprint density at radius 3 is 2.70 bits per heavy atom. The van der Waals surface area contributed by atoms with Crippen molar-refractivity contribution in [1.82, 2.24) is 14.9 Å². The summed E-state index contributed by atoms with van der Waals surface area (Å²) in [4.78, 5) is 1.28. The Balaban J connectivity index is 2.19. The molecular formula is C16H23N3S. The van der Waals surface area contributed by atoms with Gasteiger partial charge in [0.1, 0.15) is 0 Å². The second kappa shape index (κ2) is 6.95. The minimum absolute atomic E-state index is 0.304. The Morgan fingerprint density at radius 1 is 1.25 bits per heavy atom. The lowest BCUT2D eigenvalue weighted by Crippen LogP contribution is -2.19. The monoisotopic (exact) mass is 289 g/mol. The van der Waals surface area contributed by atoms with Crippen LogP contribution in [0.2, 0.25) is 0 Å². The first-order valence-electron chi connectivity index (χ1n) is 7.20. The van der Waals surface area contributed by atoms with Crippen LogP contribution in [0, 0.1) is 13.8 Å². The molecule has 0 saturated heterocycles. The molecule has 0 fully saturated rings. The average Bonchev–Trinajstić information content (AvgIpc) is 2.88. The molecule has 0 bridgehead atoms. The van der Waals surface area contributed by atoms with Crippen LogP contribution >= 0.6 is 11.5 Å². The fourth-order valence-electron chi connectivity index (χ4n) is 2.38. The quantitative estimate of drug-likeness (QED) is 0.882. The lowest BCUT2D eigenvalue weighted by molar-refractivity contribution is 0.593. The van der Waals surface area contributed by atoms with Crippen LogP contribution in [0.25, 0.3) is 0 Å². The highest BCUT2D eigenvalue weighted by Gasteiger charge is 2.18. The molecule has 1 heterocycles. The third-order valence-corrected chi connectivity index (χ3v) is 4.63. The number of nitrogens with one attached hydrogen (secondary N) is 1. The maximum absolute atomic E-state index is 4.28. The zero-order valence-electron chi connectivity index (χ0n) is 12.7. The Labute approximate surface area is 125 Å². The summed E-state index contributed by atoms with van der Waals surface area (Å²) in [5.41, 5.74) is 5.22. The van der Waals surface area contributed by atoms with Gasteiger partial charge < -0.3 is 5.32 Å². The van der Waals surface area contributed by atoms with E-state index in [2.05, 4.69) is 53.9 Å². The van der Waals surface area contributed by atoms with Crippen LogP contribution in [0.1, 0.15) is 46.6 Å².